The summed E-state index contributed by atoms with van der Waals surface area (Å²) in [5, 5.41) is 8.65. The summed E-state index contributed by atoms with van der Waals surface area (Å²) in [5.74, 6) is -0.827. The standard InChI is InChI=1S/C9H16O2/c1-3-5-6-7-8(4-2)9(10)11/h3,8H,1,4-7H2,2H3,(H,10,11)/t8-/m0/s1. The van der Waals surface area contributed by atoms with Crippen LogP contribution >= 0.6 is 0 Å². The molecule has 64 valence electrons. The van der Waals surface area contributed by atoms with Crippen molar-refractivity contribution in [1.82, 2.24) is 0 Å². The van der Waals surface area contributed by atoms with Crippen LogP contribution in [0, 0.1) is 5.92 Å². The van der Waals surface area contributed by atoms with Crippen LogP contribution in [0.5, 0.6) is 0 Å². The van der Waals surface area contributed by atoms with Crippen LogP contribution in [-0.2, 0) is 4.79 Å². The fourth-order valence-electron chi connectivity index (χ4n) is 1.01. The highest BCUT2D eigenvalue weighted by Crippen LogP contribution is 2.12. The summed E-state index contributed by atoms with van der Waals surface area (Å²) in [6.45, 7) is 5.49. The minimum absolute atomic E-state index is 0.157. The van der Waals surface area contributed by atoms with Gasteiger partial charge in [-0.3, -0.25) is 4.79 Å². The van der Waals surface area contributed by atoms with Crippen LogP contribution in [0.25, 0.3) is 0 Å². The Labute approximate surface area is 67.9 Å². The van der Waals surface area contributed by atoms with Crippen molar-refractivity contribution in [3.8, 4) is 0 Å². The number of hydrogen-bond donors (Lipinski definition) is 1. The maximum Gasteiger partial charge on any atom is 0.306 e. The van der Waals surface area contributed by atoms with E-state index in [-0.39, 0.29) is 5.92 Å². The predicted octanol–water partition coefficient (Wildman–Crippen LogP) is 2.45. The maximum atomic E-state index is 10.5. The number of carboxylic acids is 1. The van der Waals surface area contributed by atoms with E-state index in [9.17, 15) is 4.79 Å². The molecule has 11 heavy (non-hydrogen) atoms. The molecule has 0 aliphatic rings. The summed E-state index contributed by atoms with van der Waals surface area (Å²) in [7, 11) is 0. The number of allylic oxidation sites excluding steroid dienone is 1. The summed E-state index contributed by atoms with van der Waals surface area (Å²) in [4.78, 5) is 10.5. The summed E-state index contributed by atoms with van der Waals surface area (Å²) in [5.41, 5.74) is 0. The van der Waals surface area contributed by atoms with E-state index in [0.717, 1.165) is 25.7 Å². The minimum atomic E-state index is -0.670. The van der Waals surface area contributed by atoms with Crippen molar-refractivity contribution < 1.29 is 9.90 Å². The monoisotopic (exact) mass is 156 g/mol. The van der Waals surface area contributed by atoms with Crippen molar-refractivity contribution >= 4 is 5.97 Å². The van der Waals surface area contributed by atoms with Gasteiger partial charge in [0.2, 0.25) is 0 Å². The molecular weight excluding hydrogens is 140 g/mol. The van der Waals surface area contributed by atoms with E-state index in [1.165, 1.54) is 0 Å². The van der Waals surface area contributed by atoms with Crippen LogP contribution in [0.1, 0.15) is 32.6 Å². The van der Waals surface area contributed by atoms with E-state index in [1.807, 2.05) is 13.0 Å². The topological polar surface area (TPSA) is 37.3 Å². The van der Waals surface area contributed by atoms with Crippen LogP contribution in [0.3, 0.4) is 0 Å². The highest BCUT2D eigenvalue weighted by Gasteiger charge is 2.12. The van der Waals surface area contributed by atoms with E-state index in [2.05, 4.69) is 6.58 Å². The molecule has 1 atom stereocenters. The molecular formula is C9H16O2. The third-order valence-electron chi connectivity index (χ3n) is 1.80. The van der Waals surface area contributed by atoms with Gasteiger partial charge in [0.25, 0.3) is 0 Å². The summed E-state index contributed by atoms with van der Waals surface area (Å²) < 4.78 is 0. The van der Waals surface area contributed by atoms with Gasteiger partial charge in [0, 0.05) is 0 Å². The molecule has 0 aliphatic heterocycles. The largest absolute Gasteiger partial charge is 0.481 e. The van der Waals surface area contributed by atoms with Crippen molar-refractivity contribution in [2.75, 3.05) is 0 Å². The van der Waals surface area contributed by atoms with E-state index in [4.69, 9.17) is 5.11 Å². The van der Waals surface area contributed by atoms with Crippen molar-refractivity contribution in [3.05, 3.63) is 12.7 Å². The Bertz CT molecular complexity index is 130. The lowest BCUT2D eigenvalue weighted by atomic mass is 10.00. The lowest BCUT2D eigenvalue weighted by Crippen LogP contribution is -2.11. The van der Waals surface area contributed by atoms with Crippen LogP contribution in [0.2, 0.25) is 0 Å². The minimum Gasteiger partial charge on any atom is -0.481 e. The molecule has 0 bridgehead atoms. The number of unbranched alkanes of at least 4 members (excludes halogenated alkanes) is 1. The third kappa shape index (κ3) is 4.59. The molecule has 0 unspecified atom stereocenters. The number of carboxylic acid groups (broad SMARTS) is 1. The highest BCUT2D eigenvalue weighted by molar-refractivity contribution is 5.69. The maximum absolute atomic E-state index is 10.5. The molecule has 0 rings (SSSR count). The normalized spacial score (nSPS) is 12.5. The summed E-state index contributed by atoms with van der Waals surface area (Å²) in [6, 6.07) is 0. The highest BCUT2D eigenvalue weighted by atomic mass is 16.4. The van der Waals surface area contributed by atoms with E-state index in [1.54, 1.807) is 0 Å². The first-order valence-corrected chi connectivity index (χ1v) is 4.06. The molecule has 2 nitrogen and oxygen atoms in total. The van der Waals surface area contributed by atoms with Crippen LogP contribution in [0.15, 0.2) is 12.7 Å². The molecule has 0 spiro atoms. The second kappa shape index (κ2) is 5.96. The molecule has 0 amide bonds. The van der Waals surface area contributed by atoms with Crippen LogP contribution in [-0.4, -0.2) is 11.1 Å². The SMILES string of the molecule is C=CCCC[C@H](CC)C(=O)O. The van der Waals surface area contributed by atoms with Gasteiger partial charge in [-0.1, -0.05) is 13.0 Å². The number of rotatable bonds is 6. The zero-order valence-electron chi connectivity index (χ0n) is 7.05. The molecule has 0 fully saturated rings. The lowest BCUT2D eigenvalue weighted by molar-refractivity contribution is -0.142. The zero-order chi connectivity index (χ0) is 8.69. The first kappa shape index (κ1) is 10.2. The van der Waals surface area contributed by atoms with Crippen molar-refractivity contribution in [2.24, 2.45) is 5.92 Å². The second-order valence-corrected chi connectivity index (χ2v) is 2.66. The Morgan fingerprint density at radius 1 is 1.73 bits per heavy atom. The van der Waals surface area contributed by atoms with E-state index >= 15 is 0 Å². The molecule has 0 aromatic carbocycles. The van der Waals surface area contributed by atoms with Crippen molar-refractivity contribution in [1.29, 1.82) is 0 Å². The quantitative estimate of drug-likeness (QED) is 0.473. The molecule has 1 N–H and O–H groups in total. The fraction of sp³-hybridized carbons (Fsp3) is 0.667. The van der Waals surface area contributed by atoms with Gasteiger partial charge in [0.05, 0.1) is 5.92 Å². The molecule has 0 aliphatic carbocycles. The summed E-state index contributed by atoms with van der Waals surface area (Å²) >= 11 is 0. The number of carbonyl (C=O) groups is 1. The Balaban J connectivity index is 3.52. The van der Waals surface area contributed by atoms with Gasteiger partial charge >= 0.3 is 5.97 Å². The lowest BCUT2D eigenvalue weighted by Gasteiger charge is -2.07. The zero-order valence-corrected chi connectivity index (χ0v) is 7.05. The molecule has 0 aromatic heterocycles. The van der Waals surface area contributed by atoms with Crippen molar-refractivity contribution in [2.45, 2.75) is 32.6 Å². The van der Waals surface area contributed by atoms with Gasteiger partial charge in [0.1, 0.15) is 0 Å². The molecule has 0 saturated heterocycles. The van der Waals surface area contributed by atoms with Gasteiger partial charge < -0.3 is 5.11 Å². The number of hydrogen-bond acceptors (Lipinski definition) is 1. The molecule has 0 saturated carbocycles. The molecule has 0 radical (unpaired) electrons. The molecule has 0 aromatic rings. The van der Waals surface area contributed by atoms with Gasteiger partial charge in [0.15, 0.2) is 0 Å². The predicted molar refractivity (Wildman–Crippen MR) is 45.5 cm³/mol. The first-order valence-electron chi connectivity index (χ1n) is 4.06. The van der Waals surface area contributed by atoms with Crippen LogP contribution < -0.4 is 0 Å². The fourth-order valence-corrected chi connectivity index (χ4v) is 1.01. The average Bonchev–Trinajstić information content (AvgIpc) is 1.97. The second-order valence-electron chi connectivity index (χ2n) is 2.66. The molecule has 2 heteroatoms. The Morgan fingerprint density at radius 2 is 2.36 bits per heavy atom. The smallest absolute Gasteiger partial charge is 0.306 e. The number of aliphatic carboxylic acids is 1. The van der Waals surface area contributed by atoms with Gasteiger partial charge in [-0.2, -0.15) is 0 Å². The average molecular weight is 156 g/mol. The van der Waals surface area contributed by atoms with Crippen molar-refractivity contribution in [3.63, 3.8) is 0 Å². The Kier molecular flexibility index (Phi) is 5.53. The van der Waals surface area contributed by atoms with Gasteiger partial charge in [-0.05, 0) is 25.7 Å². The van der Waals surface area contributed by atoms with Crippen LogP contribution in [0.4, 0.5) is 0 Å². The van der Waals surface area contributed by atoms with E-state index < -0.39 is 5.97 Å². The van der Waals surface area contributed by atoms with Gasteiger partial charge in [-0.15, -0.1) is 6.58 Å². The van der Waals surface area contributed by atoms with E-state index in [0.29, 0.717) is 0 Å². The first-order chi connectivity index (χ1) is 5.22. The Hall–Kier alpha value is -0.790. The molecule has 0 heterocycles. The van der Waals surface area contributed by atoms with Gasteiger partial charge in [-0.25, -0.2) is 0 Å². The summed E-state index contributed by atoms with van der Waals surface area (Å²) in [6.07, 6.45) is 5.19. The third-order valence-corrected chi connectivity index (χ3v) is 1.80. The Morgan fingerprint density at radius 3 is 2.73 bits per heavy atom.